The molecular formula is C14H14F3N2O3S2+. The lowest BCUT2D eigenvalue weighted by Crippen LogP contribution is -2.12. The molecule has 2 aromatic rings. The van der Waals surface area contributed by atoms with E-state index in [0.29, 0.717) is 5.69 Å². The molecular weight excluding hydrogens is 365 g/mol. The largest absolute Gasteiger partial charge is 0.417 e. The normalized spacial score (nSPS) is 13.0. The first-order valence-electron chi connectivity index (χ1n) is 6.58. The number of hydrogen-bond donors (Lipinski definition) is 1. The van der Waals surface area contributed by atoms with Gasteiger partial charge in [0, 0.05) is 19.2 Å². The van der Waals surface area contributed by atoms with Crippen LogP contribution in [0.15, 0.2) is 28.5 Å². The van der Waals surface area contributed by atoms with Gasteiger partial charge in [-0.05, 0) is 19.1 Å². The summed E-state index contributed by atoms with van der Waals surface area (Å²) < 4.78 is 63.0. The van der Waals surface area contributed by atoms with Gasteiger partial charge in [-0.1, -0.05) is 0 Å². The molecule has 1 atom stereocenters. The number of thiazole rings is 1. The molecule has 0 bridgehead atoms. The van der Waals surface area contributed by atoms with Gasteiger partial charge in [-0.15, -0.1) is 0 Å². The number of carbonyl (C=O) groups is 1. The molecule has 0 saturated carbocycles. The fourth-order valence-electron chi connectivity index (χ4n) is 2.07. The van der Waals surface area contributed by atoms with Crippen LogP contribution in [0.3, 0.4) is 0 Å². The number of alkyl halides is 3. The Morgan fingerprint density at radius 3 is 2.42 bits per heavy atom. The molecule has 1 aromatic carbocycles. The maximum absolute atomic E-state index is 13.3. The second-order valence-electron chi connectivity index (χ2n) is 5.12. The van der Waals surface area contributed by atoms with Gasteiger partial charge in [-0.3, -0.25) is 10.1 Å². The number of aromatic nitrogens is 1. The SMILES string of the molecule is CC(=O)Nc1nc(C)c[s+]1-c1ccc(S(C)(=O)=O)c(C(F)(F)F)c1. The molecule has 0 aliphatic carbocycles. The third kappa shape index (κ3) is 3.93. The Balaban J connectivity index is 2.68. The smallest absolute Gasteiger partial charge is 0.275 e. The van der Waals surface area contributed by atoms with E-state index in [0.717, 1.165) is 18.4 Å². The van der Waals surface area contributed by atoms with Crippen LogP contribution in [0.1, 0.15) is 18.2 Å². The van der Waals surface area contributed by atoms with Gasteiger partial charge in [0.05, 0.1) is 26.6 Å². The lowest BCUT2D eigenvalue weighted by Gasteiger charge is -2.11. The predicted molar refractivity (Wildman–Crippen MR) is 85.2 cm³/mol. The highest BCUT2D eigenvalue weighted by atomic mass is 32.2. The number of nitrogens with zero attached hydrogens (tertiary/aromatic N) is 1. The van der Waals surface area contributed by atoms with E-state index in [1.54, 1.807) is 12.3 Å². The Kier molecular flexibility index (Phi) is 4.73. The van der Waals surface area contributed by atoms with Crippen molar-refractivity contribution in [1.82, 2.24) is 4.98 Å². The first-order chi connectivity index (χ1) is 10.9. The van der Waals surface area contributed by atoms with E-state index in [4.69, 9.17) is 0 Å². The van der Waals surface area contributed by atoms with E-state index in [2.05, 4.69) is 10.3 Å². The van der Waals surface area contributed by atoms with Gasteiger partial charge in [0.2, 0.25) is 5.91 Å². The van der Waals surface area contributed by atoms with E-state index in [-0.39, 0.29) is 10.0 Å². The van der Waals surface area contributed by atoms with Crippen LogP contribution in [0.4, 0.5) is 18.3 Å². The van der Waals surface area contributed by atoms with Crippen LogP contribution in [0.25, 0.3) is 4.90 Å². The minimum atomic E-state index is -4.82. The molecule has 1 heterocycles. The summed E-state index contributed by atoms with van der Waals surface area (Å²) in [4.78, 5) is 14.8. The predicted octanol–water partition coefficient (Wildman–Crippen LogP) is 3.51. The zero-order valence-corrected chi connectivity index (χ0v) is 14.6. The summed E-state index contributed by atoms with van der Waals surface area (Å²) in [5, 5.41) is 4.36. The number of anilines is 1. The summed E-state index contributed by atoms with van der Waals surface area (Å²) in [7, 11) is -5.03. The number of halogens is 3. The maximum Gasteiger partial charge on any atom is 0.417 e. The molecule has 1 amide bonds. The van der Waals surface area contributed by atoms with E-state index < -0.39 is 42.8 Å². The Morgan fingerprint density at radius 1 is 1.29 bits per heavy atom. The van der Waals surface area contributed by atoms with Crippen molar-refractivity contribution in [2.75, 3.05) is 11.6 Å². The number of amides is 1. The number of rotatable bonds is 3. The number of benzene rings is 1. The van der Waals surface area contributed by atoms with Crippen molar-refractivity contribution in [2.45, 2.75) is 24.9 Å². The summed E-state index contributed by atoms with van der Waals surface area (Å²) in [5.41, 5.74) is -0.669. The van der Waals surface area contributed by atoms with E-state index in [9.17, 15) is 26.4 Å². The molecule has 0 saturated heterocycles. The fraction of sp³-hybridized carbons (Fsp3) is 0.286. The van der Waals surface area contributed by atoms with Crippen molar-refractivity contribution in [3.8, 4) is 4.90 Å². The van der Waals surface area contributed by atoms with Crippen LogP contribution in [0, 0.1) is 6.92 Å². The van der Waals surface area contributed by atoms with Gasteiger partial charge in [0.1, 0.15) is 0 Å². The second-order valence-corrected chi connectivity index (χ2v) is 8.88. The summed E-state index contributed by atoms with van der Waals surface area (Å²) in [6, 6.07) is 3.04. The van der Waals surface area contributed by atoms with Crippen molar-refractivity contribution in [1.29, 1.82) is 0 Å². The Morgan fingerprint density at radius 2 is 1.92 bits per heavy atom. The molecule has 10 heteroatoms. The second kappa shape index (κ2) is 6.17. The van der Waals surface area contributed by atoms with E-state index in [1.165, 1.54) is 13.0 Å². The van der Waals surface area contributed by atoms with Gasteiger partial charge >= 0.3 is 11.3 Å². The lowest BCUT2D eigenvalue weighted by molar-refractivity contribution is -0.139. The van der Waals surface area contributed by atoms with Gasteiger partial charge in [0.25, 0.3) is 0 Å². The Labute approximate surface area is 139 Å². The van der Waals surface area contributed by atoms with Crippen molar-refractivity contribution < 1.29 is 26.4 Å². The standard InChI is InChI=1S/C14H13F3N2O3S2/c1-8-7-23(13(18-8)19-9(2)20)10-4-5-12(24(3,21)22)11(6-10)14(15,16)17/h4-7H,1-3H3/p+1. The van der Waals surface area contributed by atoms with E-state index in [1.807, 2.05) is 0 Å². The molecule has 5 nitrogen and oxygen atoms in total. The molecule has 2 rings (SSSR count). The number of hydrogen-bond acceptors (Lipinski definition) is 4. The lowest BCUT2D eigenvalue weighted by atomic mass is 10.2. The molecule has 24 heavy (non-hydrogen) atoms. The summed E-state index contributed by atoms with van der Waals surface area (Å²) >= 11 is 0. The number of aryl methyl sites for hydroxylation is 1. The van der Waals surface area contributed by atoms with Crippen molar-refractivity contribution in [2.24, 2.45) is 0 Å². The van der Waals surface area contributed by atoms with Crippen LogP contribution in [0.2, 0.25) is 0 Å². The van der Waals surface area contributed by atoms with Crippen LogP contribution in [0.5, 0.6) is 0 Å². The number of sulfone groups is 1. The van der Waals surface area contributed by atoms with Gasteiger partial charge in [-0.2, -0.15) is 18.2 Å². The molecule has 0 radical (unpaired) electrons. The minimum Gasteiger partial charge on any atom is -0.275 e. The highest BCUT2D eigenvalue weighted by Crippen LogP contribution is 2.43. The molecule has 0 spiro atoms. The minimum absolute atomic E-state index is 0.221. The van der Waals surface area contributed by atoms with Crippen molar-refractivity contribution in [3.05, 3.63) is 34.8 Å². The van der Waals surface area contributed by atoms with Gasteiger partial charge < -0.3 is 0 Å². The van der Waals surface area contributed by atoms with Gasteiger partial charge in [-0.25, -0.2) is 8.42 Å². The number of carbonyl (C=O) groups excluding carboxylic acids is 1. The van der Waals surface area contributed by atoms with E-state index >= 15 is 0 Å². The average Bonchev–Trinajstić information content (AvgIpc) is 2.76. The molecule has 0 fully saturated rings. The highest BCUT2D eigenvalue weighted by Gasteiger charge is 2.38. The quantitative estimate of drug-likeness (QED) is 0.828. The first kappa shape index (κ1) is 18.4. The number of nitrogens with one attached hydrogen (secondary N) is 1. The zero-order valence-electron chi connectivity index (χ0n) is 12.9. The molecule has 1 aromatic heterocycles. The topological polar surface area (TPSA) is 76.1 Å². The highest BCUT2D eigenvalue weighted by molar-refractivity contribution is 7.90. The van der Waals surface area contributed by atoms with Crippen LogP contribution in [-0.2, 0) is 20.8 Å². The van der Waals surface area contributed by atoms with Crippen LogP contribution >= 0.6 is 10.5 Å². The fourth-order valence-corrected chi connectivity index (χ4v) is 4.78. The molecule has 0 aliphatic rings. The van der Waals surface area contributed by atoms with Crippen molar-refractivity contribution >= 4 is 31.3 Å². The summed E-state index contributed by atoms with van der Waals surface area (Å²) in [6.45, 7) is 2.93. The Hall–Kier alpha value is -1.94. The third-order valence-corrected chi connectivity index (χ3v) is 6.07. The maximum atomic E-state index is 13.3. The van der Waals surface area contributed by atoms with Gasteiger partial charge in [0.15, 0.2) is 20.1 Å². The zero-order chi connectivity index (χ0) is 18.3. The molecule has 130 valence electrons. The first-order valence-corrected chi connectivity index (χ1v) is 9.76. The molecule has 0 aliphatic heterocycles. The summed E-state index contributed by atoms with van der Waals surface area (Å²) in [5.74, 6) is -0.391. The van der Waals surface area contributed by atoms with Crippen LogP contribution < -0.4 is 5.32 Å². The monoisotopic (exact) mass is 379 g/mol. The third-order valence-electron chi connectivity index (χ3n) is 2.97. The average molecular weight is 379 g/mol. The Bertz CT molecular complexity index is 902. The molecule has 1 N–H and O–H groups in total. The van der Waals surface area contributed by atoms with Crippen LogP contribution in [-0.4, -0.2) is 25.6 Å². The van der Waals surface area contributed by atoms with Crippen molar-refractivity contribution in [3.63, 3.8) is 0 Å². The summed E-state index contributed by atoms with van der Waals surface area (Å²) in [6.07, 6.45) is -4.09. The molecule has 1 unspecified atom stereocenters.